The molecule has 1 aromatic carbocycles. The second-order valence-corrected chi connectivity index (χ2v) is 3.29. The van der Waals surface area contributed by atoms with Gasteiger partial charge in [0.25, 0.3) is 5.91 Å². The molecule has 0 unspecified atom stereocenters. The average molecular weight is 174 g/mol. The van der Waals surface area contributed by atoms with Crippen LogP contribution in [-0.2, 0) is 0 Å². The molecule has 0 atom stereocenters. The average Bonchev–Trinajstić information content (AvgIpc) is 2.71. The standard InChI is InChI=1S/C11H12NO/c13-11(12-8-4-5-9-12)10-6-2-1-3-7-10/h2-3,6-7H,4-5,8-9H2. The predicted molar refractivity (Wildman–Crippen MR) is 50.4 cm³/mol. The fraction of sp³-hybridized carbons (Fsp3) is 0.364. The number of rotatable bonds is 1. The largest absolute Gasteiger partial charge is 0.339 e. The summed E-state index contributed by atoms with van der Waals surface area (Å²) in [5, 5.41) is 0. The summed E-state index contributed by atoms with van der Waals surface area (Å²) < 4.78 is 0. The molecule has 67 valence electrons. The van der Waals surface area contributed by atoms with Gasteiger partial charge >= 0.3 is 0 Å². The van der Waals surface area contributed by atoms with E-state index in [0.717, 1.165) is 31.5 Å². The van der Waals surface area contributed by atoms with Gasteiger partial charge in [0.15, 0.2) is 0 Å². The highest BCUT2D eigenvalue weighted by Gasteiger charge is 2.18. The van der Waals surface area contributed by atoms with E-state index in [1.807, 2.05) is 17.0 Å². The smallest absolute Gasteiger partial charge is 0.253 e. The molecule has 0 spiro atoms. The fourth-order valence-electron chi connectivity index (χ4n) is 1.63. The van der Waals surface area contributed by atoms with Crippen LogP contribution in [0, 0.1) is 6.07 Å². The Morgan fingerprint density at radius 1 is 1.23 bits per heavy atom. The molecule has 1 heterocycles. The van der Waals surface area contributed by atoms with Crippen molar-refractivity contribution < 1.29 is 4.79 Å². The van der Waals surface area contributed by atoms with E-state index in [1.54, 1.807) is 12.1 Å². The third kappa shape index (κ3) is 1.72. The summed E-state index contributed by atoms with van der Waals surface area (Å²) in [5.74, 6) is 0.159. The molecular formula is C11H12NO. The zero-order chi connectivity index (χ0) is 9.10. The van der Waals surface area contributed by atoms with Crippen LogP contribution >= 0.6 is 0 Å². The first-order valence-electron chi connectivity index (χ1n) is 4.63. The molecule has 0 aromatic heterocycles. The third-order valence-electron chi connectivity index (χ3n) is 2.36. The number of benzene rings is 1. The van der Waals surface area contributed by atoms with E-state index in [1.165, 1.54) is 0 Å². The van der Waals surface area contributed by atoms with Crippen LogP contribution in [0.25, 0.3) is 0 Å². The van der Waals surface area contributed by atoms with E-state index in [2.05, 4.69) is 6.07 Å². The monoisotopic (exact) mass is 174 g/mol. The molecule has 2 heteroatoms. The van der Waals surface area contributed by atoms with Crippen LogP contribution in [0.2, 0.25) is 0 Å². The Morgan fingerprint density at radius 3 is 2.46 bits per heavy atom. The van der Waals surface area contributed by atoms with E-state index in [0.29, 0.717) is 0 Å². The Hall–Kier alpha value is -1.31. The lowest BCUT2D eigenvalue weighted by Crippen LogP contribution is -2.27. The molecule has 1 aliphatic heterocycles. The SMILES string of the molecule is O=C(c1cc[c]cc1)N1CCCC1. The molecule has 1 saturated heterocycles. The van der Waals surface area contributed by atoms with Gasteiger partial charge in [-0.15, -0.1) is 0 Å². The lowest BCUT2D eigenvalue weighted by Gasteiger charge is -2.14. The van der Waals surface area contributed by atoms with Gasteiger partial charge < -0.3 is 4.90 Å². The Bertz CT molecular complexity index is 288. The van der Waals surface area contributed by atoms with Crippen molar-refractivity contribution in [1.82, 2.24) is 4.90 Å². The molecule has 0 bridgehead atoms. The fourth-order valence-corrected chi connectivity index (χ4v) is 1.63. The van der Waals surface area contributed by atoms with Crippen molar-refractivity contribution in [1.29, 1.82) is 0 Å². The molecule has 2 nitrogen and oxygen atoms in total. The maximum absolute atomic E-state index is 11.8. The van der Waals surface area contributed by atoms with Crippen molar-refractivity contribution >= 4 is 5.91 Å². The van der Waals surface area contributed by atoms with Gasteiger partial charge in [0.2, 0.25) is 0 Å². The molecule has 0 N–H and O–H groups in total. The molecule has 0 aliphatic carbocycles. The number of nitrogens with zero attached hydrogens (tertiary/aromatic N) is 1. The normalized spacial score (nSPS) is 16.2. The van der Waals surface area contributed by atoms with Crippen molar-refractivity contribution in [2.24, 2.45) is 0 Å². The van der Waals surface area contributed by atoms with Gasteiger partial charge in [-0.2, -0.15) is 0 Å². The highest BCUT2D eigenvalue weighted by atomic mass is 16.2. The number of likely N-dealkylation sites (tertiary alicyclic amines) is 1. The molecule has 13 heavy (non-hydrogen) atoms. The molecule has 2 rings (SSSR count). The number of hydrogen-bond acceptors (Lipinski definition) is 1. The van der Waals surface area contributed by atoms with E-state index in [4.69, 9.17) is 0 Å². The van der Waals surface area contributed by atoms with E-state index >= 15 is 0 Å². The summed E-state index contributed by atoms with van der Waals surface area (Å²) in [5.41, 5.74) is 0.778. The second-order valence-electron chi connectivity index (χ2n) is 3.29. The zero-order valence-electron chi connectivity index (χ0n) is 7.49. The summed E-state index contributed by atoms with van der Waals surface area (Å²) in [6, 6.07) is 10.1. The maximum atomic E-state index is 11.8. The van der Waals surface area contributed by atoms with Crippen LogP contribution in [-0.4, -0.2) is 23.9 Å². The summed E-state index contributed by atoms with van der Waals surface area (Å²) in [6.45, 7) is 1.83. The summed E-state index contributed by atoms with van der Waals surface area (Å²) >= 11 is 0. The van der Waals surface area contributed by atoms with Gasteiger partial charge in [-0.3, -0.25) is 4.79 Å². The molecule has 1 radical (unpaired) electrons. The lowest BCUT2D eigenvalue weighted by atomic mass is 10.2. The first-order valence-corrected chi connectivity index (χ1v) is 4.63. The number of carbonyl (C=O) groups excluding carboxylic acids is 1. The Balaban J connectivity index is 2.13. The van der Waals surface area contributed by atoms with Gasteiger partial charge in [0.05, 0.1) is 0 Å². The quantitative estimate of drug-likeness (QED) is 0.634. The maximum Gasteiger partial charge on any atom is 0.253 e. The van der Waals surface area contributed by atoms with Crippen molar-refractivity contribution in [2.45, 2.75) is 12.8 Å². The van der Waals surface area contributed by atoms with Gasteiger partial charge in [0, 0.05) is 18.7 Å². The van der Waals surface area contributed by atoms with Gasteiger partial charge in [-0.05, 0) is 31.0 Å². The first-order chi connectivity index (χ1) is 6.38. The molecule has 1 aromatic rings. The molecule has 1 fully saturated rings. The van der Waals surface area contributed by atoms with E-state index in [-0.39, 0.29) is 5.91 Å². The van der Waals surface area contributed by atoms with Crippen LogP contribution in [0.1, 0.15) is 23.2 Å². The summed E-state index contributed by atoms with van der Waals surface area (Å²) in [7, 11) is 0. The van der Waals surface area contributed by atoms with Crippen LogP contribution < -0.4 is 0 Å². The molecule has 1 aliphatic rings. The highest BCUT2D eigenvalue weighted by Crippen LogP contribution is 2.11. The van der Waals surface area contributed by atoms with E-state index in [9.17, 15) is 4.79 Å². The Morgan fingerprint density at radius 2 is 1.85 bits per heavy atom. The topological polar surface area (TPSA) is 20.3 Å². The van der Waals surface area contributed by atoms with Crippen LogP contribution in [0.4, 0.5) is 0 Å². The second kappa shape index (κ2) is 3.60. The van der Waals surface area contributed by atoms with Crippen molar-refractivity contribution in [3.63, 3.8) is 0 Å². The molecule has 1 amide bonds. The zero-order valence-corrected chi connectivity index (χ0v) is 7.49. The Kier molecular flexibility index (Phi) is 2.30. The van der Waals surface area contributed by atoms with Gasteiger partial charge in [0.1, 0.15) is 0 Å². The Labute approximate surface area is 78.2 Å². The lowest BCUT2D eigenvalue weighted by molar-refractivity contribution is 0.0793. The van der Waals surface area contributed by atoms with Crippen LogP contribution in [0.15, 0.2) is 24.3 Å². The predicted octanol–water partition coefficient (Wildman–Crippen LogP) is 1.72. The summed E-state index contributed by atoms with van der Waals surface area (Å²) in [4.78, 5) is 13.7. The molecule has 0 saturated carbocycles. The van der Waals surface area contributed by atoms with Crippen molar-refractivity contribution in [3.8, 4) is 0 Å². The highest BCUT2D eigenvalue weighted by molar-refractivity contribution is 5.94. The van der Waals surface area contributed by atoms with Gasteiger partial charge in [-0.25, -0.2) is 0 Å². The minimum atomic E-state index is 0.159. The molecular weight excluding hydrogens is 162 g/mol. The van der Waals surface area contributed by atoms with Crippen molar-refractivity contribution in [2.75, 3.05) is 13.1 Å². The van der Waals surface area contributed by atoms with Crippen molar-refractivity contribution in [3.05, 3.63) is 35.9 Å². The van der Waals surface area contributed by atoms with Crippen LogP contribution in [0.3, 0.4) is 0 Å². The minimum absolute atomic E-state index is 0.159. The van der Waals surface area contributed by atoms with Crippen LogP contribution in [0.5, 0.6) is 0 Å². The number of amides is 1. The minimum Gasteiger partial charge on any atom is -0.339 e. The first kappa shape index (κ1) is 8.30. The number of hydrogen-bond donors (Lipinski definition) is 0. The number of carbonyl (C=O) groups is 1. The third-order valence-corrected chi connectivity index (χ3v) is 2.36. The summed E-state index contributed by atoms with van der Waals surface area (Å²) in [6.07, 6.45) is 2.29. The van der Waals surface area contributed by atoms with E-state index < -0.39 is 0 Å². The van der Waals surface area contributed by atoms with Gasteiger partial charge in [-0.1, -0.05) is 12.1 Å².